The van der Waals surface area contributed by atoms with Crippen molar-refractivity contribution >= 4 is 23.8 Å². The van der Waals surface area contributed by atoms with Crippen LogP contribution in [0.1, 0.15) is 24.9 Å². The maximum Gasteiger partial charge on any atom is 0.315 e. The number of carboxylic acid groups (broad SMARTS) is 1. The Balaban J connectivity index is 2.56. The lowest BCUT2D eigenvalue weighted by Crippen LogP contribution is -2.40. The molecule has 2 unspecified atom stereocenters. The van der Waals surface area contributed by atoms with Gasteiger partial charge in [0.2, 0.25) is 0 Å². The third-order valence-corrected chi connectivity index (χ3v) is 3.85. The topological polar surface area (TPSA) is 78.4 Å². The third kappa shape index (κ3) is 7.04. The van der Waals surface area contributed by atoms with E-state index in [1.54, 1.807) is 11.8 Å². The maximum atomic E-state index is 11.9. The number of hydrogen-bond acceptors (Lipinski definition) is 3. The molecule has 116 valence electrons. The van der Waals surface area contributed by atoms with Crippen LogP contribution in [-0.2, 0) is 4.79 Å². The Labute approximate surface area is 129 Å². The second-order valence-corrected chi connectivity index (χ2v) is 5.89. The predicted octanol–water partition coefficient (Wildman–Crippen LogP) is 2.50. The van der Waals surface area contributed by atoms with Crippen LogP contribution in [0.3, 0.4) is 0 Å². The van der Waals surface area contributed by atoms with Gasteiger partial charge in [-0.15, -0.1) is 0 Å². The molecule has 0 spiro atoms. The van der Waals surface area contributed by atoms with Gasteiger partial charge in [0.05, 0.1) is 12.5 Å². The van der Waals surface area contributed by atoms with Gasteiger partial charge in [0.1, 0.15) is 0 Å². The first-order chi connectivity index (χ1) is 10.0. The summed E-state index contributed by atoms with van der Waals surface area (Å²) in [7, 11) is 0. The molecule has 0 aromatic heterocycles. The third-order valence-electron chi connectivity index (χ3n) is 2.95. The molecule has 0 aliphatic rings. The van der Waals surface area contributed by atoms with E-state index in [1.165, 1.54) is 0 Å². The molecule has 21 heavy (non-hydrogen) atoms. The van der Waals surface area contributed by atoms with Gasteiger partial charge < -0.3 is 15.7 Å². The molecule has 0 saturated heterocycles. The van der Waals surface area contributed by atoms with Crippen LogP contribution in [0.25, 0.3) is 0 Å². The van der Waals surface area contributed by atoms with Crippen LogP contribution >= 0.6 is 11.8 Å². The van der Waals surface area contributed by atoms with E-state index in [9.17, 15) is 9.59 Å². The fraction of sp³-hybridized carbons (Fsp3) is 0.467. The fourth-order valence-electron chi connectivity index (χ4n) is 1.93. The minimum atomic E-state index is -0.945. The van der Waals surface area contributed by atoms with Gasteiger partial charge >= 0.3 is 12.0 Å². The molecular formula is C15H22N2O3S. The molecule has 0 heterocycles. The van der Waals surface area contributed by atoms with Crippen molar-refractivity contribution in [2.45, 2.75) is 19.4 Å². The lowest BCUT2D eigenvalue weighted by Gasteiger charge is -2.19. The first-order valence-electron chi connectivity index (χ1n) is 6.83. The quantitative estimate of drug-likeness (QED) is 0.689. The van der Waals surface area contributed by atoms with Crippen molar-refractivity contribution in [2.24, 2.45) is 5.92 Å². The van der Waals surface area contributed by atoms with Crippen molar-refractivity contribution in [1.82, 2.24) is 10.6 Å². The van der Waals surface area contributed by atoms with Gasteiger partial charge in [-0.2, -0.15) is 11.8 Å². The van der Waals surface area contributed by atoms with Crippen LogP contribution in [-0.4, -0.2) is 35.7 Å². The van der Waals surface area contributed by atoms with Gasteiger partial charge in [-0.25, -0.2) is 4.79 Å². The van der Waals surface area contributed by atoms with Crippen molar-refractivity contribution in [3.05, 3.63) is 35.9 Å². The summed E-state index contributed by atoms with van der Waals surface area (Å²) in [5.41, 5.74) is 0.784. The number of benzene rings is 1. The van der Waals surface area contributed by atoms with Crippen molar-refractivity contribution < 1.29 is 14.7 Å². The van der Waals surface area contributed by atoms with Gasteiger partial charge in [0.25, 0.3) is 0 Å². The summed E-state index contributed by atoms with van der Waals surface area (Å²) in [5, 5.41) is 14.5. The monoisotopic (exact) mass is 310 g/mol. The largest absolute Gasteiger partial charge is 0.481 e. The van der Waals surface area contributed by atoms with E-state index < -0.39 is 12.0 Å². The molecule has 3 N–H and O–H groups in total. The summed E-state index contributed by atoms with van der Waals surface area (Å²) in [6, 6.07) is 8.26. The normalized spacial score (nSPS) is 13.2. The van der Waals surface area contributed by atoms with Crippen molar-refractivity contribution in [3.8, 4) is 0 Å². The highest BCUT2D eigenvalue weighted by Gasteiger charge is 2.17. The van der Waals surface area contributed by atoms with E-state index in [4.69, 9.17) is 5.11 Å². The first-order valence-corrected chi connectivity index (χ1v) is 8.22. The fourth-order valence-corrected chi connectivity index (χ4v) is 2.62. The highest BCUT2D eigenvalue weighted by atomic mass is 32.2. The van der Waals surface area contributed by atoms with Crippen LogP contribution in [0.2, 0.25) is 0 Å². The maximum absolute atomic E-state index is 11.9. The Morgan fingerprint density at radius 2 is 1.95 bits per heavy atom. The number of rotatable bonds is 8. The second kappa shape index (κ2) is 9.28. The molecule has 0 aliphatic heterocycles. The Kier molecular flexibility index (Phi) is 7.68. The van der Waals surface area contributed by atoms with Gasteiger partial charge in [0.15, 0.2) is 0 Å². The zero-order valence-corrected chi connectivity index (χ0v) is 13.2. The van der Waals surface area contributed by atoms with Gasteiger partial charge in [-0.05, 0) is 23.5 Å². The Morgan fingerprint density at radius 3 is 2.52 bits per heavy atom. The number of amides is 2. The van der Waals surface area contributed by atoms with Crippen LogP contribution < -0.4 is 10.6 Å². The average Bonchev–Trinajstić information content (AvgIpc) is 2.45. The summed E-state index contributed by atoms with van der Waals surface area (Å²) in [4.78, 5) is 22.8. The minimum Gasteiger partial charge on any atom is -0.481 e. The van der Waals surface area contributed by atoms with Crippen LogP contribution in [0.15, 0.2) is 30.3 Å². The van der Waals surface area contributed by atoms with E-state index in [-0.39, 0.29) is 12.5 Å². The van der Waals surface area contributed by atoms with Crippen molar-refractivity contribution in [1.29, 1.82) is 0 Å². The number of thioether (sulfide) groups is 1. The summed E-state index contributed by atoms with van der Waals surface area (Å²) in [5.74, 6) is 0.401. The van der Waals surface area contributed by atoms with E-state index in [1.807, 2.05) is 36.6 Å². The summed E-state index contributed by atoms with van der Waals surface area (Å²) >= 11 is 1.73. The molecule has 1 aromatic carbocycles. The number of carbonyl (C=O) groups is 2. The van der Waals surface area contributed by atoms with Crippen LogP contribution in [0.5, 0.6) is 0 Å². The number of hydrogen-bond donors (Lipinski definition) is 3. The number of carbonyl (C=O) groups excluding carboxylic acids is 1. The molecule has 0 aliphatic carbocycles. The number of aliphatic carboxylic acids is 1. The van der Waals surface area contributed by atoms with Gasteiger partial charge in [0, 0.05) is 6.54 Å². The lowest BCUT2D eigenvalue weighted by atomic mass is 10.0. The number of nitrogens with one attached hydrogen (secondary N) is 2. The van der Waals surface area contributed by atoms with E-state index in [0.717, 1.165) is 11.3 Å². The lowest BCUT2D eigenvalue weighted by molar-refractivity contribution is -0.137. The van der Waals surface area contributed by atoms with Crippen molar-refractivity contribution in [2.75, 3.05) is 18.6 Å². The SMILES string of the molecule is CSCC(C)CNC(=O)NC(CC(=O)O)c1ccccc1. The first kappa shape index (κ1) is 17.4. The molecule has 2 amide bonds. The molecule has 0 fully saturated rings. The van der Waals surface area contributed by atoms with Gasteiger partial charge in [-0.3, -0.25) is 4.79 Å². The molecule has 5 nitrogen and oxygen atoms in total. The number of carboxylic acids is 1. The zero-order valence-electron chi connectivity index (χ0n) is 12.3. The Hall–Kier alpha value is -1.69. The van der Waals surface area contributed by atoms with E-state index >= 15 is 0 Å². The van der Waals surface area contributed by atoms with Crippen molar-refractivity contribution in [3.63, 3.8) is 0 Å². The van der Waals surface area contributed by atoms with E-state index in [0.29, 0.717) is 12.5 Å². The molecule has 6 heteroatoms. The highest BCUT2D eigenvalue weighted by Crippen LogP contribution is 2.16. The summed E-state index contributed by atoms with van der Waals surface area (Å²) in [6.45, 7) is 2.63. The molecule has 2 atom stereocenters. The smallest absolute Gasteiger partial charge is 0.315 e. The molecule has 0 radical (unpaired) electrons. The summed E-state index contributed by atoms with van der Waals surface area (Å²) < 4.78 is 0. The standard InChI is InChI=1S/C15H22N2O3S/c1-11(10-21-2)9-16-15(20)17-13(8-14(18)19)12-6-4-3-5-7-12/h3-7,11,13H,8-10H2,1-2H3,(H,18,19)(H2,16,17,20). The zero-order chi connectivity index (χ0) is 15.7. The van der Waals surface area contributed by atoms with Gasteiger partial charge in [-0.1, -0.05) is 37.3 Å². The molecule has 1 rings (SSSR count). The predicted molar refractivity (Wildman–Crippen MR) is 85.5 cm³/mol. The van der Waals surface area contributed by atoms with Crippen LogP contribution in [0, 0.1) is 5.92 Å². The number of urea groups is 1. The summed E-state index contributed by atoms with van der Waals surface area (Å²) in [6.07, 6.45) is 1.88. The molecular weight excluding hydrogens is 288 g/mol. The molecule has 0 saturated carbocycles. The Morgan fingerprint density at radius 1 is 1.29 bits per heavy atom. The Bertz CT molecular complexity index is 453. The second-order valence-electron chi connectivity index (χ2n) is 4.98. The highest BCUT2D eigenvalue weighted by molar-refractivity contribution is 7.98. The van der Waals surface area contributed by atoms with Crippen LogP contribution in [0.4, 0.5) is 4.79 Å². The van der Waals surface area contributed by atoms with E-state index in [2.05, 4.69) is 17.6 Å². The molecule has 0 bridgehead atoms. The minimum absolute atomic E-state index is 0.141. The molecule has 1 aromatic rings. The average molecular weight is 310 g/mol.